The molecule has 3 aromatic heterocycles. The van der Waals surface area contributed by atoms with Gasteiger partial charge in [0.25, 0.3) is 5.91 Å². The lowest BCUT2D eigenvalue weighted by Gasteiger charge is -2.21. The first-order valence-corrected chi connectivity index (χ1v) is 10.6. The van der Waals surface area contributed by atoms with Crippen LogP contribution < -0.4 is 14.4 Å². The molecular weight excluding hydrogens is 414 g/mol. The molecule has 0 saturated heterocycles. The van der Waals surface area contributed by atoms with Gasteiger partial charge in [-0.2, -0.15) is 5.10 Å². The predicted molar refractivity (Wildman–Crippen MR) is 120 cm³/mol. The zero-order valence-corrected chi connectivity index (χ0v) is 18.6. The maximum absolute atomic E-state index is 13.7. The van der Waals surface area contributed by atoms with Gasteiger partial charge in [-0.15, -0.1) is 0 Å². The first kappa shape index (κ1) is 20.8. The summed E-state index contributed by atoms with van der Waals surface area (Å²) < 4.78 is 13.5. The first-order valence-electron chi connectivity index (χ1n) is 9.79. The van der Waals surface area contributed by atoms with E-state index in [0.29, 0.717) is 34.4 Å². The van der Waals surface area contributed by atoms with Gasteiger partial charge in [0, 0.05) is 24.6 Å². The highest BCUT2D eigenvalue weighted by Crippen LogP contribution is 2.40. The van der Waals surface area contributed by atoms with Crippen LogP contribution in [0.3, 0.4) is 0 Å². The van der Waals surface area contributed by atoms with E-state index in [9.17, 15) is 4.79 Å². The van der Waals surface area contributed by atoms with E-state index in [1.165, 1.54) is 11.3 Å². The quantitative estimate of drug-likeness (QED) is 0.428. The maximum atomic E-state index is 13.7. The van der Waals surface area contributed by atoms with Crippen LogP contribution in [0, 0.1) is 0 Å². The lowest BCUT2D eigenvalue weighted by molar-refractivity contribution is 0.0973. The van der Waals surface area contributed by atoms with Crippen LogP contribution in [0.5, 0.6) is 11.5 Å². The van der Waals surface area contributed by atoms with Crippen LogP contribution >= 0.6 is 11.3 Å². The molecule has 0 aliphatic heterocycles. The van der Waals surface area contributed by atoms with Crippen molar-refractivity contribution in [1.29, 1.82) is 0 Å². The van der Waals surface area contributed by atoms with Crippen LogP contribution in [0.15, 0.2) is 48.9 Å². The Morgan fingerprint density at radius 1 is 1.13 bits per heavy atom. The van der Waals surface area contributed by atoms with Crippen molar-refractivity contribution in [3.8, 4) is 11.5 Å². The van der Waals surface area contributed by atoms with Gasteiger partial charge in [-0.1, -0.05) is 17.4 Å². The molecule has 1 aromatic carbocycles. The van der Waals surface area contributed by atoms with Gasteiger partial charge in [-0.25, -0.2) is 4.98 Å². The Hall–Kier alpha value is -3.46. The smallest absolute Gasteiger partial charge is 0.278 e. The molecule has 1 amide bonds. The number of nitrogens with zero attached hydrogens (tertiary/aromatic N) is 5. The van der Waals surface area contributed by atoms with Gasteiger partial charge in [0.1, 0.15) is 27.4 Å². The van der Waals surface area contributed by atoms with E-state index >= 15 is 0 Å². The number of rotatable bonds is 7. The van der Waals surface area contributed by atoms with Crippen molar-refractivity contribution in [2.24, 2.45) is 0 Å². The molecule has 0 aliphatic rings. The van der Waals surface area contributed by atoms with Crippen LogP contribution in [-0.2, 0) is 6.54 Å². The largest absolute Gasteiger partial charge is 0.495 e. The second-order valence-corrected chi connectivity index (χ2v) is 8.13. The summed E-state index contributed by atoms with van der Waals surface area (Å²) in [5, 5.41) is 4.86. The third kappa shape index (κ3) is 3.96. The minimum absolute atomic E-state index is 0.0461. The highest BCUT2D eigenvalue weighted by molar-refractivity contribution is 7.22. The number of hydrogen-bond acceptors (Lipinski definition) is 7. The van der Waals surface area contributed by atoms with Crippen LogP contribution in [0.2, 0.25) is 0 Å². The number of ether oxygens (including phenoxy) is 2. The topological polar surface area (TPSA) is 82.4 Å². The molecule has 0 saturated carbocycles. The molecule has 3 heterocycles. The Kier molecular flexibility index (Phi) is 5.85. The summed E-state index contributed by atoms with van der Waals surface area (Å²) in [7, 11) is 3.21. The van der Waals surface area contributed by atoms with Crippen LogP contribution in [0.25, 0.3) is 10.2 Å². The van der Waals surface area contributed by atoms with Crippen LogP contribution in [0.4, 0.5) is 5.13 Å². The Morgan fingerprint density at radius 2 is 1.90 bits per heavy atom. The van der Waals surface area contributed by atoms with Gasteiger partial charge in [0.05, 0.1) is 20.8 Å². The highest BCUT2D eigenvalue weighted by Gasteiger charge is 2.26. The Balaban J connectivity index is 1.84. The molecule has 0 spiro atoms. The van der Waals surface area contributed by atoms with Crippen LogP contribution in [0.1, 0.15) is 35.9 Å². The number of carbonyl (C=O) groups excluding carboxylic acids is 1. The van der Waals surface area contributed by atoms with Crippen molar-refractivity contribution in [3.63, 3.8) is 0 Å². The third-order valence-corrected chi connectivity index (χ3v) is 5.91. The summed E-state index contributed by atoms with van der Waals surface area (Å²) in [5.41, 5.74) is 2.05. The van der Waals surface area contributed by atoms with Crippen molar-refractivity contribution in [1.82, 2.24) is 19.7 Å². The fraction of sp³-hybridized carbons (Fsp3) is 0.273. The number of methoxy groups -OCH3 is 2. The minimum Gasteiger partial charge on any atom is -0.495 e. The van der Waals surface area contributed by atoms with Crippen molar-refractivity contribution >= 4 is 32.6 Å². The molecule has 31 heavy (non-hydrogen) atoms. The van der Waals surface area contributed by atoms with E-state index < -0.39 is 0 Å². The second-order valence-electron chi connectivity index (χ2n) is 7.15. The molecule has 0 unspecified atom stereocenters. The number of carbonyl (C=O) groups is 1. The molecular formula is C22H23N5O3S. The third-order valence-electron chi connectivity index (χ3n) is 4.82. The normalized spacial score (nSPS) is 11.1. The standard InChI is InChI=1S/C22H23N5O3S/c1-14(2)27-16(9-11-24-27)21(28)26(13-15-6-5-10-23-12-15)22-25-19-17(29-3)7-8-18(30-4)20(19)31-22/h5-12,14H,13H2,1-4H3. The number of anilines is 1. The minimum atomic E-state index is -0.188. The average molecular weight is 438 g/mol. The zero-order valence-electron chi connectivity index (χ0n) is 17.8. The summed E-state index contributed by atoms with van der Waals surface area (Å²) in [5.74, 6) is 1.12. The molecule has 0 bridgehead atoms. The maximum Gasteiger partial charge on any atom is 0.278 e. The number of aromatic nitrogens is 4. The number of amides is 1. The van der Waals surface area contributed by atoms with E-state index in [4.69, 9.17) is 14.5 Å². The van der Waals surface area contributed by atoms with Gasteiger partial charge in [0.2, 0.25) is 0 Å². The van der Waals surface area contributed by atoms with Gasteiger partial charge in [-0.05, 0) is 43.7 Å². The molecule has 0 fully saturated rings. The summed E-state index contributed by atoms with van der Waals surface area (Å²) in [6.45, 7) is 4.30. The monoisotopic (exact) mass is 437 g/mol. The molecule has 160 valence electrons. The van der Waals surface area contributed by atoms with E-state index in [2.05, 4.69) is 10.1 Å². The number of benzene rings is 1. The number of thiazole rings is 1. The van der Waals surface area contributed by atoms with Crippen LogP contribution in [-0.4, -0.2) is 39.9 Å². The van der Waals surface area contributed by atoms with Gasteiger partial charge in [-0.3, -0.25) is 19.4 Å². The average Bonchev–Trinajstić information content (AvgIpc) is 3.45. The molecule has 0 aliphatic carbocycles. The fourth-order valence-electron chi connectivity index (χ4n) is 3.32. The zero-order chi connectivity index (χ0) is 22.0. The molecule has 4 aromatic rings. The number of fused-ring (bicyclic) bond motifs is 1. The second kappa shape index (κ2) is 8.73. The summed E-state index contributed by atoms with van der Waals surface area (Å²) >= 11 is 1.38. The molecule has 8 nitrogen and oxygen atoms in total. The molecule has 0 radical (unpaired) electrons. The first-order chi connectivity index (χ1) is 15.0. The lowest BCUT2D eigenvalue weighted by Crippen LogP contribution is -2.32. The van der Waals surface area contributed by atoms with Gasteiger partial charge in [0.15, 0.2) is 5.13 Å². The van der Waals surface area contributed by atoms with Gasteiger partial charge < -0.3 is 9.47 Å². The van der Waals surface area contributed by atoms with E-state index in [-0.39, 0.29) is 11.9 Å². The lowest BCUT2D eigenvalue weighted by atomic mass is 10.2. The van der Waals surface area contributed by atoms with Gasteiger partial charge >= 0.3 is 0 Å². The summed E-state index contributed by atoms with van der Waals surface area (Å²) in [6, 6.07) is 9.20. The summed E-state index contributed by atoms with van der Waals surface area (Å²) in [6.07, 6.45) is 5.09. The number of hydrogen-bond donors (Lipinski definition) is 0. The Morgan fingerprint density at radius 3 is 2.58 bits per heavy atom. The fourth-order valence-corrected chi connectivity index (χ4v) is 4.40. The SMILES string of the molecule is COc1ccc(OC)c2sc(N(Cc3cccnc3)C(=O)c3ccnn3C(C)C)nc12. The number of pyridine rings is 1. The van der Waals surface area contributed by atoms with Crippen molar-refractivity contribution < 1.29 is 14.3 Å². The predicted octanol–water partition coefficient (Wildman–Crippen LogP) is 4.33. The van der Waals surface area contributed by atoms with Crippen molar-refractivity contribution in [2.75, 3.05) is 19.1 Å². The van der Waals surface area contributed by atoms with Crippen molar-refractivity contribution in [2.45, 2.75) is 26.4 Å². The Bertz CT molecular complexity index is 1160. The Labute approximate surface area is 184 Å². The molecule has 9 heteroatoms. The molecule has 0 atom stereocenters. The highest BCUT2D eigenvalue weighted by atomic mass is 32.1. The summed E-state index contributed by atoms with van der Waals surface area (Å²) in [4.78, 5) is 24.3. The molecule has 0 N–H and O–H groups in total. The molecule has 4 rings (SSSR count). The van der Waals surface area contributed by atoms with E-state index in [1.54, 1.807) is 48.5 Å². The van der Waals surface area contributed by atoms with E-state index in [1.807, 2.05) is 38.1 Å². The van der Waals surface area contributed by atoms with Crippen molar-refractivity contribution in [3.05, 3.63) is 60.2 Å². The van der Waals surface area contributed by atoms with E-state index in [0.717, 1.165) is 10.3 Å².